The number of urea groups is 2. The molecular formula is C13H16N4O3. The second kappa shape index (κ2) is 6.58. The number of benzene rings is 1. The van der Waals surface area contributed by atoms with Crippen LogP contribution in [0.15, 0.2) is 42.1 Å². The predicted octanol–water partition coefficient (Wildman–Crippen LogP) is 0.713. The molecule has 1 heterocycles. The summed E-state index contributed by atoms with van der Waals surface area (Å²) in [7, 11) is 0. The Balaban J connectivity index is 1.73. The Morgan fingerprint density at radius 1 is 1.30 bits per heavy atom. The van der Waals surface area contributed by atoms with Gasteiger partial charge in [-0.25, -0.2) is 9.59 Å². The number of hydrogen-bond acceptors (Lipinski definition) is 3. The minimum absolute atomic E-state index is 0.320. The van der Waals surface area contributed by atoms with Crippen LogP contribution in [0.25, 0.3) is 0 Å². The topological polar surface area (TPSA) is 102 Å². The molecular weight excluding hydrogens is 260 g/mol. The number of rotatable bonds is 4. The van der Waals surface area contributed by atoms with Crippen LogP contribution in [0.2, 0.25) is 0 Å². The number of aliphatic hydroxyl groups excluding tert-OH is 1. The van der Waals surface area contributed by atoms with Crippen molar-refractivity contribution < 1.29 is 14.7 Å². The van der Waals surface area contributed by atoms with Crippen LogP contribution < -0.4 is 21.3 Å². The van der Waals surface area contributed by atoms with Crippen molar-refractivity contribution in [3.63, 3.8) is 0 Å². The highest BCUT2D eigenvalue weighted by Crippen LogP contribution is 2.07. The zero-order chi connectivity index (χ0) is 14.4. The third-order valence-corrected chi connectivity index (χ3v) is 2.74. The van der Waals surface area contributed by atoms with Crippen LogP contribution in [0.5, 0.6) is 0 Å². The molecule has 7 nitrogen and oxygen atoms in total. The molecule has 0 bridgehead atoms. The summed E-state index contributed by atoms with van der Waals surface area (Å²) in [6, 6.07) is 8.32. The monoisotopic (exact) mass is 276 g/mol. The standard InChI is InChI=1S/C13H16N4O3/c18-11-9(8-15-13(20)17-11)6-7-14-12(19)16-10-4-2-1-3-5-10/h1-5,8,11,18H,6-7H2,(H2,14,16,19)(H2,15,17,20)/t11-/m1/s1. The molecule has 0 fully saturated rings. The lowest BCUT2D eigenvalue weighted by Gasteiger charge is -2.21. The van der Waals surface area contributed by atoms with Crippen LogP contribution in [-0.4, -0.2) is 29.9 Å². The first kappa shape index (κ1) is 13.9. The van der Waals surface area contributed by atoms with Crippen molar-refractivity contribution in [2.45, 2.75) is 12.6 Å². The van der Waals surface area contributed by atoms with Crippen molar-refractivity contribution in [1.82, 2.24) is 16.0 Å². The van der Waals surface area contributed by atoms with Gasteiger partial charge in [-0.1, -0.05) is 18.2 Å². The quantitative estimate of drug-likeness (QED) is 0.559. The highest BCUT2D eigenvalue weighted by Gasteiger charge is 2.18. The van der Waals surface area contributed by atoms with Gasteiger partial charge in [-0.2, -0.15) is 0 Å². The summed E-state index contributed by atoms with van der Waals surface area (Å²) >= 11 is 0. The number of para-hydroxylation sites is 1. The van der Waals surface area contributed by atoms with Crippen molar-refractivity contribution in [2.75, 3.05) is 11.9 Å². The molecule has 1 aliphatic heterocycles. The van der Waals surface area contributed by atoms with E-state index in [1.165, 1.54) is 6.20 Å². The van der Waals surface area contributed by atoms with E-state index in [0.29, 0.717) is 24.2 Å². The zero-order valence-corrected chi connectivity index (χ0v) is 10.7. The number of hydrogen-bond donors (Lipinski definition) is 5. The van der Waals surface area contributed by atoms with Gasteiger partial charge in [-0.15, -0.1) is 0 Å². The number of amides is 4. The van der Waals surface area contributed by atoms with Gasteiger partial charge in [-0.05, 0) is 24.1 Å². The zero-order valence-electron chi connectivity index (χ0n) is 10.7. The highest BCUT2D eigenvalue weighted by molar-refractivity contribution is 5.89. The van der Waals surface area contributed by atoms with Gasteiger partial charge in [0, 0.05) is 18.4 Å². The Morgan fingerprint density at radius 3 is 2.75 bits per heavy atom. The van der Waals surface area contributed by atoms with Gasteiger partial charge in [0.05, 0.1) is 0 Å². The molecule has 0 aliphatic carbocycles. The number of carbonyl (C=O) groups excluding carboxylic acids is 2. The molecule has 2 rings (SSSR count). The van der Waals surface area contributed by atoms with Crippen molar-refractivity contribution in [1.29, 1.82) is 0 Å². The molecule has 4 amide bonds. The van der Waals surface area contributed by atoms with Gasteiger partial charge >= 0.3 is 12.1 Å². The summed E-state index contributed by atoms with van der Waals surface area (Å²) in [6.07, 6.45) is 0.861. The minimum atomic E-state index is -1.01. The maximum Gasteiger partial charge on any atom is 0.321 e. The highest BCUT2D eigenvalue weighted by atomic mass is 16.3. The molecule has 0 saturated carbocycles. The molecule has 0 saturated heterocycles. The lowest BCUT2D eigenvalue weighted by Crippen LogP contribution is -2.46. The number of anilines is 1. The Bertz CT molecular complexity index is 516. The second-order valence-electron chi connectivity index (χ2n) is 4.24. The van der Waals surface area contributed by atoms with E-state index in [2.05, 4.69) is 21.3 Å². The fourth-order valence-electron chi connectivity index (χ4n) is 1.72. The average molecular weight is 276 g/mol. The van der Waals surface area contributed by atoms with E-state index >= 15 is 0 Å². The fourth-order valence-corrected chi connectivity index (χ4v) is 1.72. The van der Waals surface area contributed by atoms with Gasteiger partial charge in [-0.3, -0.25) is 0 Å². The summed E-state index contributed by atoms with van der Waals surface area (Å²) < 4.78 is 0. The van der Waals surface area contributed by atoms with Gasteiger partial charge in [0.2, 0.25) is 0 Å². The van der Waals surface area contributed by atoms with Crippen LogP contribution in [0.4, 0.5) is 15.3 Å². The van der Waals surface area contributed by atoms with Gasteiger partial charge < -0.3 is 26.4 Å². The summed E-state index contributed by atoms with van der Waals surface area (Å²) in [4.78, 5) is 22.5. The van der Waals surface area contributed by atoms with Crippen molar-refractivity contribution in [2.24, 2.45) is 0 Å². The second-order valence-corrected chi connectivity index (χ2v) is 4.24. The van der Waals surface area contributed by atoms with Crippen LogP contribution in [0, 0.1) is 0 Å². The van der Waals surface area contributed by atoms with E-state index in [0.717, 1.165) is 0 Å². The van der Waals surface area contributed by atoms with Crippen LogP contribution in [-0.2, 0) is 0 Å². The maximum atomic E-state index is 11.6. The van der Waals surface area contributed by atoms with Gasteiger partial charge in [0.1, 0.15) is 0 Å². The summed E-state index contributed by atoms with van der Waals surface area (Å²) in [5.74, 6) is 0. The first-order valence-electron chi connectivity index (χ1n) is 6.19. The molecule has 0 radical (unpaired) electrons. The van der Waals surface area contributed by atoms with E-state index in [4.69, 9.17) is 0 Å². The third kappa shape index (κ3) is 3.99. The molecule has 1 atom stereocenters. The average Bonchev–Trinajstić information content (AvgIpc) is 2.42. The molecule has 20 heavy (non-hydrogen) atoms. The smallest absolute Gasteiger partial charge is 0.321 e. The number of carbonyl (C=O) groups is 2. The number of aliphatic hydroxyl groups is 1. The van der Waals surface area contributed by atoms with Crippen LogP contribution >= 0.6 is 0 Å². The SMILES string of the molecule is O=C(NCCC1=CNC(=O)N[C@@H]1O)Nc1ccccc1. The van der Waals surface area contributed by atoms with E-state index in [1.54, 1.807) is 12.1 Å². The molecule has 1 aliphatic rings. The molecule has 1 aromatic rings. The van der Waals surface area contributed by atoms with Gasteiger partial charge in [0.15, 0.2) is 6.23 Å². The van der Waals surface area contributed by atoms with Gasteiger partial charge in [0.25, 0.3) is 0 Å². The number of nitrogens with one attached hydrogen (secondary N) is 4. The van der Waals surface area contributed by atoms with E-state index in [1.807, 2.05) is 18.2 Å². The first-order valence-corrected chi connectivity index (χ1v) is 6.19. The van der Waals surface area contributed by atoms with E-state index < -0.39 is 12.3 Å². The lowest BCUT2D eigenvalue weighted by molar-refractivity contribution is 0.161. The van der Waals surface area contributed by atoms with Crippen LogP contribution in [0.1, 0.15) is 6.42 Å². The largest absolute Gasteiger partial charge is 0.370 e. The summed E-state index contributed by atoms with van der Waals surface area (Å²) in [5.41, 5.74) is 1.31. The normalized spacial score (nSPS) is 17.6. The molecule has 1 aromatic carbocycles. The Kier molecular flexibility index (Phi) is 4.56. The minimum Gasteiger partial charge on any atom is -0.370 e. The fraction of sp³-hybridized carbons (Fsp3) is 0.231. The molecule has 5 N–H and O–H groups in total. The summed E-state index contributed by atoms with van der Waals surface area (Å²) in [5, 5.41) is 19.7. The molecule has 0 unspecified atom stereocenters. The molecule has 0 spiro atoms. The third-order valence-electron chi connectivity index (χ3n) is 2.74. The van der Waals surface area contributed by atoms with E-state index in [-0.39, 0.29) is 6.03 Å². The molecule has 106 valence electrons. The first-order chi connectivity index (χ1) is 9.65. The Labute approximate surface area is 116 Å². The summed E-state index contributed by atoms with van der Waals surface area (Å²) in [6.45, 7) is 0.346. The molecule has 7 heteroatoms. The Hall–Kier alpha value is -2.54. The van der Waals surface area contributed by atoms with Crippen LogP contribution in [0.3, 0.4) is 0 Å². The maximum absolute atomic E-state index is 11.6. The van der Waals surface area contributed by atoms with Crippen molar-refractivity contribution in [3.8, 4) is 0 Å². The Morgan fingerprint density at radius 2 is 2.05 bits per heavy atom. The predicted molar refractivity (Wildman–Crippen MR) is 73.8 cm³/mol. The van der Waals surface area contributed by atoms with Crippen molar-refractivity contribution >= 4 is 17.7 Å². The molecule has 0 aromatic heterocycles. The lowest BCUT2D eigenvalue weighted by atomic mass is 10.1. The van der Waals surface area contributed by atoms with E-state index in [9.17, 15) is 14.7 Å². The van der Waals surface area contributed by atoms with Crippen molar-refractivity contribution in [3.05, 3.63) is 42.1 Å².